The van der Waals surface area contributed by atoms with Crippen molar-refractivity contribution in [2.45, 2.75) is 68.7 Å². The summed E-state index contributed by atoms with van der Waals surface area (Å²) in [5.74, 6) is -0.738. The highest BCUT2D eigenvalue weighted by Gasteiger charge is 2.65. The van der Waals surface area contributed by atoms with Crippen molar-refractivity contribution >= 4 is 10.9 Å². The van der Waals surface area contributed by atoms with Gasteiger partial charge in [-0.25, -0.2) is 9.07 Å². The van der Waals surface area contributed by atoms with E-state index in [-0.39, 0.29) is 12.2 Å². The Bertz CT molecular complexity index is 1190. The lowest BCUT2D eigenvalue weighted by Crippen LogP contribution is -2.62. The van der Waals surface area contributed by atoms with Crippen LogP contribution in [0.5, 0.6) is 0 Å². The first-order valence-electron chi connectivity index (χ1n) is 11.3. The Morgan fingerprint density at radius 3 is 2.55 bits per heavy atom. The molecule has 0 bridgehead atoms. The van der Waals surface area contributed by atoms with Gasteiger partial charge in [-0.3, -0.25) is 0 Å². The number of hydrogen-bond donors (Lipinski definition) is 2. The van der Waals surface area contributed by atoms with Gasteiger partial charge in [0.15, 0.2) is 5.60 Å². The van der Waals surface area contributed by atoms with Crippen molar-refractivity contribution in [1.82, 2.24) is 9.78 Å². The van der Waals surface area contributed by atoms with Crippen molar-refractivity contribution < 1.29 is 27.8 Å². The molecule has 33 heavy (non-hydrogen) atoms. The summed E-state index contributed by atoms with van der Waals surface area (Å²) in [5.41, 5.74) is -0.213. The minimum absolute atomic E-state index is 0.144. The van der Waals surface area contributed by atoms with Crippen molar-refractivity contribution in [2.75, 3.05) is 0 Å². The summed E-state index contributed by atoms with van der Waals surface area (Å²) in [7, 11) is 0. The Hall–Kier alpha value is -2.45. The molecule has 0 aliphatic heterocycles. The van der Waals surface area contributed by atoms with Crippen LogP contribution >= 0.6 is 0 Å². The molecule has 176 valence electrons. The van der Waals surface area contributed by atoms with Gasteiger partial charge in [-0.1, -0.05) is 6.92 Å². The van der Waals surface area contributed by atoms with Gasteiger partial charge in [0.25, 0.3) is 0 Å². The summed E-state index contributed by atoms with van der Waals surface area (Å²) < 4.78 is 56.2. The molecular weight excluding hydrogens is 436 g/mol. The van der Waals surface area contributed by atoms with Gasteiger partial charge in [-0.15, -0.1) is 0 Å². The predicted molar refractivity (Wildman–Crippen MR) is 116 cm³/mol. The zero-order valence-corrected chi connectivity index (χ0v) is 18.2. The number of alkyl halides is 3. The SMILES string of the molecule is CC[C@@]12C[C@@H](O)[C@](O)(C(F)(F)F)C[C@@H]1CCCc1cc3c(cnn3-c3ccc(F)cc3)cc12. The van der Waals surface area contributed by atoms with E-state index in [9.17, 15) is 27.8 Å². The molecule has 0 unspecified atom stereocenters. The van der Waals surface area contributed by atoms with Gasteiger partial charge in [0.2, 0.25) is 0 Å². The molecule has 2 aromatic carbocycles. The molecule has 5 rings (SSSR count). The molecule has 1 heterocycles. The number of benzene rings is 2. The zero-order chi connectivity index (χ0) is 23.6. The molecule has 1 fully saturated rings. The van der Waals surface area contributed by atoms with E-state index in [4.69, 9.17) is 0 Å². The van der Waals surface area contributed by atoms with Crippen LogP contribution in [0.1, 0.15) is 50.2 Å². The van der Waals surface area contributed by atoms with E-state index >= 15 is 0 Å². The molecule has 0 amide bonds. The highest BCUT2D eigenvalue weighted by atomic mass is 19.4. The quantitative estimate of drug-likeness (QED) is 0.514. The van der Waals surface area contributed by atoms with Crippen LogP contribution in [0.4, 0.5) is 17.6 Å². The van der Waals surface area contributed by atoms with Crippen molar-refractivity contribution in [3.05, 3.63) is 59.5 Å². The molecule has 3 aromatic rings. The van der Waals surface area contributed by atoms with Gasteiger partial charge in [-0.2, -0.15) is 18.3 Å². The Morgan fingerprint density at radius 2 is 1.88 bits per heavy atom. The second kappa shape index (κ2) is 7.53. The number of hydrogen-bond acceptors (Lipinski definition) is 3. The van der Waals surface area contributed by atoms with Crippen molar-refractivity contribution in [2.24, 2.45) is 5.92 Å². The third-order valence-corrected chi connectivity index (χ3v) is 7.97. The molecule has 0 saturated heterocycles. The van der Waals surface area contributed by atoms with Crippen LogP contribution < -0.4 is 0 Å². The lowest BCUT2D eigenvalue weighted by Gasteiger charge is -2.52. The molecule has 0 spiro atoms. The average Bonchev–Trinajstić information content (AvgIpc) is 3.11. The van der Waals surface area contributed by atoms with Crippen LogP contribution in [-0.2, 0) is 11.8 Å². The summed E-state index contributed by atoms with van der Waals surface area (Å²) >= 11 is 0. The molecule has 4 nitrogen and oxygen atoms in total. The van der Waals surface area contributed by atoms with E-state index in [1.54, 1.807) is 23.0 Å². The highest BCUT2D eigenvalue weighted by molar-refractivity contribution is 5.82. The number of halogens is 4. The highest BCUT2D eigenvalue weighted by Crippen LogP contribution is 2.57. The van der Waals surface area contributed by atoms with Gasteiger partial charge in [0.05, 0.1) is 23.5 Å². The Kier molecular flexibility index (Phi) is 5.10. The standard InChI is InChI=1S/C25H26F4N2O2/c1-2-23-13-22(32)24(33,25(27,28)29)12-17(23)5-3-4-15-11-21-16(10-20(15)23)14-30-31(21)19-8-6-18(26)7-9-19/h6-11,14,17,22,32-33H,2-5,12-13H2,1H3/t17-,22+,23+,24-/m0/s1. The minimum Gasteiger partial charge on any atom is -0.390 e. The van der Waals surface area contributed by atoms with Gasteiger partial charge in [0.1, 0.15) is 5.82 Å². The van der Waals surface area contributed by atoms with Crippen LogP contribution in [-0.4, -0.2) is 37.9 Å². The Morgan fingerprint density at radius 1 is 1.15 bits per heavy atom. The molecule has 8 heteroatoms. The van der Waals surface area contributed by atoms with E-state index in [2.05, 4.69) is 5.10 Å². The molecule has 0 radical (unpaired) electrons. The van der Waals surface area contributed by atoms with Crippen LogP contribution in [0.3, 0.4) is 0 Å². The topological polar surface area (TPSA) is 58.3 Å². The average molecular weight is 462 g/mol. The summed E-state index contributed by atoms with van der Waals surface area (Å²) in [5, 5.41) is 26.4. The molecule has 2 aliphatic rings. The van der Waals surface area contributed by atoms with Crippen molar-refractivity contribution in [3.63, 3.8) is 0 Å². The monoisotopic (exact) mass is 462 g/mol. The maximum Gasteiger partial charge on any atom is 0.419 e. The lowest BCUT2D eigenvalue weighted by atomic mass is 9.55. The van der Waals surface area contributed by atoms with E-state index in [0.717, 1.165) is 22.0 Å². The van der Waals surface area contributed by atoms with Gasteiger partial charge in [-0.05, 0) is 92.0 Å². The fourth-order valence-electron chi connectivity index (χ4n) is 6.14. The molecule has 4 atom stereocenters. The zero-order valence-electron chi connectivity index (χ0n) is 18.2. The van der Waals surface area contributed by atoms with E-state index < -0.39 is 35.6 Å². The first kappa shape index (κ1) is 22.3. The van der Waals surface area contributed by atoms with Gasteiger partial charge >= 0.3 is 6.18 Å². The van der Waals surface area contributed by atoms with E-state index in [1.165, 1.54) is 12.1 Å². The fraction of sp³-hybridized carbons (Fsp3) is 0.480. The number of aliphatic hydroxyl groups is 2. The summed E-state index contributed by atoms with van der Waals surface area (Å²) in [6.45, 7) is 1.94. The number of nitrogens with zero attached hydrogens (tertiary/aromatic N) is 2. The fourth-order valence-corrected chi connectivity index (χ4v) is 6.14. The third kappa shape index (κ3) is 3.29. The normalized spacial score (nSPS) is 30.0. The van der Waals surface area contributed by atoms with Crippen LogP contribution in [0, 0.1) is 11.7 Å². The predicted octanol–water partition coefficient (Wildman–Crippen LogP) is 5.21. The summed E-state index contributed by atoms with van der Waals surface area (Å²) in [6, 6.07) is 10.0. The number of fused-ring (bicyclic) bond motifs is 4. The third-order valence-electron chi connectivity index (χ3n) is 7.97. The van der Waals surface area contributed by atoms with Crippen molar-refractivity contribution in [1.29, 1.82) is 0 Å². The number of aryl methyl sites for hydroxylation is 1. The smallest absolute Gasteiger partial charge is 0.390 e. The molecule has 2 N–H and O–H groups in total. The summed E-state index contributed by atoms with van der Waals surface area (Å²) in [6.07, 6.45) is -3.22. The van der Waals surface area contributed by atoms with Crippen molar-refractivity contribution in [3.8, 4) is 5.69 Å². The number of aliphatic hydroxyl groups excluding tert-OH is 1. The van der Waals surface area contributed by atoms with Crippen LogP contribution in [0.2, 0.25) is 0 Å². The Balaban J connectivity index is 1.64. The Labute approximate surface area is 188 Å². The molecular formula is C25H26F4N2O2. The first-order valence-corrected chi connectivity index (χ1v) is 11.3. The molecule has 2 aliphatic carbocycles. The number of aromatic nitrogens is 2. The van der Waals surface area contributed by atoms with Gasteiger partial charge < -0.3 is 10.2 Å². The minimum atomic E-state index is -4.89. The largest absolute Gasteiger partial charge is 0.419 e. The van der Waals surface area contributed by atoms with Gasteiger partial charge in [0, 0.05) is 10.8 Å². The lowest BCUT2D eigenvalue weighted by molar-refractivity contribution is -0.310. The maximum atomic E-state index is 13.7. The number of rotatable bonds is 2. The molecule has 1 aromatic heterocycles. The van der Waals surface area contributed by atoms with E-state index in [1.807, 2.05) is 19.1 Å². The maximum absolute atomic E-state index is 13.7. The first-order chi connectivity index (χ1) is 15.6. The second-order valence-electron chi connectivity index (χ2n) is 9.55. The molecule has 1 saturated carbocycles. The van der Waals surface area contributed by atoms with Crippen LogP contribution in [0.15, 0.2) is 42.6 Å². The van der Waals surface area contributed by atoms with Crippen LogP contribution in [0.25, 0.3) is 16.6 Å². The summed E-state index contributed by atoms with van der Waals surface area (Å²) in [4.78, 5) is 0. The van der Waals surface area contributed by atoms with E-state index in [0.29, 0.717) is 31.4 Å². The second-order valence-corrected chi connectivity index (χ2v) is 9.55.